The average Bonchev–Trinajstić information content (AvgIpc) is 2.83. The van der Waals surface area contributed by atoms with Crippen molar-refractivity contribution < 1.29 is 0 Å². The van der Waals surface area contributed by atoms with Crippen LogP contribution in [0.15, 0.2) is 15.9 Å². The maximum Gasteiger partial charge on any atom is 0.0607 e. The number of rotatable bonds is 5. The maximum absolute atomic E-state index is 3.71. The number of thiophene rings is 1. The van der Waals surface area contributed by atoms with E-state index in [1.807, 2.05) is 11.3 Å². The fraction of sp³-hybridized carbons (Fsp3) is 0.733. The van der Waals surface area contributed by atoms with Gasteiger partial charge in [-0.15, -0.1) is 11.3 Å². The molecule has 1 atom stereocenters. The monoisotopic (exact) mass is 344 g/mol. The van der Waals surface area contributed by atoms with Gasteiger partial charge in [-0.25, -0.2) is 0 Å². The number of nitrogens with one attached hydrogen (secondary N) is 1. The minimum Gasteiger partial charge on any atom is -0.308 e. The fourth-order valence-electron chi connectivity index (χ4n) is 3.03. The van der Waals surface area contributed by atoms with Crippen molar-refractivity contribution in [3.8, 4) is 0 Å². The van der Waals surface area contributed by atoms with Crippen LogP contribution in [0.2, 0.25) is 0 Å². The first-order chi connectivity index (χ1) is 9.07. The zero-order valence-corrected chi connectivity index (χ0v) is 14.6. The highest BCUT2D eigenvalue weighted by Crippen LogP contribution is 2.39. The first-order valence-corrected chi connectivity index (χ1v) is 8.96. The lowest BCUT2D eigenvalue weighted by Gasteiger charge is -2.46. The molecule has 0 radical (unpaired) electrons. The Hall–Kier alpha value is 0.1000. The quantitative estimate of drug-likeness (QED) is 0.850. The molecule has 1 aromatic heterocycles. The summed E-state index contributed by atoms with van der Waals surface area (Å²) >= 11 is 5.56. The predicted octanol–water partition coefficient (Wildman–Crippen LogP) is 4.43. The lowest BCUT2D eigenvalue weighted by atomic mass is 9.89. The second-order valence-corrected chi connectivity index (χ2v) is 7.63. The molecular weight excluding hydrogens is 320 g/mol. The molecule has 0 saturated carbocycles. The summed E-state index contributed by atoms with van der Waals surface area (Å²) in [6.07, 6.45) is 4.07. The van der Waals surface area contributed by atoms with E-state index in [1.54, 1.807) is 0 Å². The molecule has 0 spiro atoms. The van der Waals surface area contributed by atoms with Crippen LogP contribution in [0.1, 0.15) is 51.0 Å². The topological polar surface area (TPSA) is 15.3 Å². The molecule has 1 unspecified atom stereocenters. The van der Waals surface area contributed by atoms with E-state index in [2.05, 4.69) is 58.4 Å². The lowest BCUT2D eigenvalue weighted by Crippen LogP contribution is -2.54. The normalized spacial score (nSPS) is 19.6. The third-order valence-electron chi connectivity index (χ3n) is 4.19. The maximum atomic E-state index is 3.71. The van der Waals surface area contributed by atoms with E-state index in [-0.39, 0.29) is 5.54 Å². The number of halogens is 1. The summed E-state index contributed by atoms with van der Waals surface area (Å²) in [5.74, 6) is 0. The van der Waals surface area contributed by atoms with E-state index in [1.165, 1.54) is 41.7 Å². The lowest BCUT2D eigenvalue weighted by molar-refractivity contribution is 0.0622. The van der Waals surface area contributed by atoms with Gasteiger partial charge in [0.05, 0.1) is 6.04 Å². The number of hydrogen-bond acceptors (Lipinski definition) is 3. The molecule has 1 saturated heterocycles. The molecule has 0 aromatic carbocycles. The molecular formula is C15H25BrN2S. The summed E-state index contributed by atoms with van der Waals surface area (Å²) < 4.78 is 1.24. The van der Waals surface area contributed by atoms with Gasteiger partial charge >= 0.3 is 0 Å². The minimum absolute atomic E-state index is 0.157. The largest absolute Gasteiger partial charge is 0.308 e. The van der Waals surface area contributed by atoms with Gasteiger partial charge in [-0.2, -0.15) is 0 Å². The van der Waals surface area contributed by atoms with Crippen molar-refractivity contribution in [2.24, 2.45) is 0 Å². The van der Waals surface area contributed by atoms with Crippen LogP contribution >= 0.6 is 27.3 Å². The summed E-state index contributed by atoms with van der Waals surface area (Å²) in [5, 5.41) is 5.88. The molecule has 0 amide bonds. The Balaban J connectivity index is 2.24. The van der Waals surface area contributed by atoms with E-state index in [4.69, 9.17) is 0 Å². The molecule has 4 heteroatoms. The van der Waals surface area contributed by atoms with Crippen molar-refractivity contribution in [1.82, 2.24) is 10.2 Å². The van der Waals surface area contributed by atoms with Crippen molar-refractivity contribution in [3.63, 3.8) is 0 Å². The predicted molar refractivity (Wildman–Crippen MR) is 87.9 cm³/mol. The van der Waals surface area contributed by atoms with Crippen molar-refractivity contribution in [2.75, 3.05) is 19.6 Å². The zero-order valence-electron chi connectivity index (χ0n) is 12.2. The van der Waals surface area contributed by atoms with Crippen molar-refractivity contribution >= 4 is 27.3 Å². The van der Waals surface area contributed by atoms with Crippen LogP contribution in [-0.2, 0) is 0 Å². The fourth-order valence-corrected chi connectivity index (χ4v) is 4.89. The number of likely N-dealkylation sites (tertiary alicyclic amines) is 1. The van der Waals surface area contributed by atoms with Crippen LogP contribution in [0.25, 0.3) is 0 Å². The number of nitrogens with zero attached hydrogens (tertiary/aromatic N) is 1. The summed E-state index contributed by atoms with van der Waals surface area (Å²) in [5.41, 5.74) is 0.157. The molecule has 1 fully saturated rings. The van der Waals surface area contributed by atoms with Crippen LogP contribution in [0.3, 0.4) is 0 Å². The van der Waals surface area contributed by atoms with Crippen molar-refractivity contribution in [2.45, 2.75) is 51.6 Å². The standard InChI is InChI=1S/C15H25BrN2S/c1-4-17-14(13-12(16)8-11-19-13)15(2,3)18-9-6-5-7-10-18/h8,11,14,17H,4-7,9-10H2,1-3H3. The van der Waals surface area contributed by atoms with Crippen LogP contribution in [0.4, 0.5) is 0 Å². The van der Waals surface area contributed by atoms with Gasteiger partial charge in [-0.1, -0.05) is 13.3 Å². The Bertz CT molecular complexity index is 397. The third kappa shape index (κ3) is 3.41. The molecule has 2 rings (SSSR count). The van der Waals surface area contributed by atoms with Crippen molar-refractivity contribution in [3.05, 3.63) is 20.8 Å². The zero-order chi connectivity index (χ0) is 13.9. The summed E-state index contributed by atoms with van der Waals surface area (Å²) in [7, 11) is 0. The molecule has 1 N–H and O–H groups in total. The Morgan fingerprint density at radius 1 is 1.37 bits per heavy atom. The van der Waals surface area contributed by atoms with E-state index in [0.717, 1.165) is 6.54 Å². The van der Waals surface area contributed by atoms with E-state index in [0.29, 0.717) is 6.04 Å². The van der Waals surface area contributed by atoms with Gasteiger partial charge in [0.25, 0.3) is 0 Å². The Morgan fingerprint density at radius 2 is 2.05 bits per heavy atom. The molecule has 0 bridgehead atoms. The van der Waals surface area contributed by atoms with Crippen LogP contribution in [0, 0.1) is 0 Å². The van der Waals surface area contributed by atoms with E-state index >= 15 is 0 Å². The Labute approximate surface area is 129 Å². The molecule has 108 valence electrons. The average molecular weight is 345 g/mol. The van der Waals surface area contributed by atoms with E-state index in [9.17, 15) is 0 Å². The van der Waals surface area contributed by atoms with Gasteiger partial charge in [0.2, 0.25) is 0 Å². The highest BCUT2D eigenvalue weighted by atomic mass is 79.9. The van der Waals surface area contributed by atoms with Gasteiger partial charge in [0.1, 0.15) is 0 Å². The van der Waals surface area contributed by atoms with Gasteiger partial charge in [-0.3, -0.25) is 4.90 Å². The number of piperidine rings is 1. The second kappa shape index (κ2) is 6.70. The van der Waals surface area contributed by atoms with E-state index < -0.39 is 0 Å². The number of likely N-dealkylation sites (N-methyl/N-ethyl adjacent to an activating group) is 1. The molecule has 19 heavy (non-hydrogen) atoms. The van der Waals surface area contributed by atoms with Crippen LogP contribution in [0.5, 0.6) is 0 Å². The minimum atomic E-state index is 0.157. The molecule has 1 aliphatic heterocycles. The molecule has 0 aliphatic carbocycles. The SMILES string of the molecule is CCNC(c1sccc1Br)C(C)(C)N1CCCCC1. The molecule has 1 aliphatic rings. The molecule has 2 heterocycles. The van der Waals surface area contributed by atoms with Gasteiger partial charge < -0.3 is 5.32 Å². The summed E-state index contributed by atoms with van der Waals surface area (Å²) in [4.78, 5) is 4.09. The molecule has 2 nitrogen and oxygen atoms in total. The Morgan fingerprint density at radius 3 is 2.58 bits per heavy atom. The first-order valence-electron chi connectivity index (χ1n) is 7.28. The van der Waals surface area contributed by atoms with Gasteiger partial charge in [0.15, 0.2) is 0 Å². The second-order valence-electron chi connectivity index (χ2n) is 5.82. The van der Waals surface area contributed by atoms with Crippen LogP contribution < -0.4 is 5.32 Å². The van der Waals surface area contributed by atoms with Crippen LogP contribution in [-0.4, -0.2) is 30.1 Å². The van der Waals surface area contributed by atoms with Gasteiger partial charge in [-0.05, 0) is 73.7 Å². The smallest absolute Gasteiger partial charge is 0.0607 e. The van der Waals surface area contributed by atoms with Crippen molar-refractivity contribution in [1.29, 1.82) is 0 Å². The van der Waals surface area contributed by atoms with Gasteiger partial charge in [0, 0.05) is 14.9 Å². The third-order valence-corrected chi connectivity index (χ3v) is 6.13. The highest BCUT2D eigenvalue weighted by Gasteiger charge is 2.37. The highest BCUT2D eigenvalue weighted by molar-refractivity contribution is 9.10. The first kappa shape index (κ1) is 15.5. The summed E-state index contributed by atoms with van der Waals surface area (Å²) in [6.45, 7) is 10.4. The summed E-state index contributed by atoms with van der Waals surface area (Å²) in [6, 6.07) is 2.56. The molecule has 1 aromatic rings. The Kier molecular flexibility index (Phi) is 5.46. The number of hydrogen-bond donors (Lipinski definition) is 1.